The Morgan fingerprint density at radius 3 is 2.58 bits per heavy atom. The zero-order valence-electron chi connectivity index (χ0n) is 7.40. The molecule has 0 saturated heterocycles. The quantitative estimate of drug-likeness (QED) is 0.671. The van der Waals surface area contributed by atoms with Gasteiger partial charge in [-0.05, 0) is 30.9 Å². The van der Waals surface area contributed by atoms with Gasteiger partial charge in [0.25, 0.3) is 0 Å². The first-order chi connectivity index (χ1) is 5.49. The van der Waals surface area contributed by atoms with Gasteiger partial charge in [-0.25, -0.2) is 4.39 Å². The van der Waals surface area contributed by atoms with Crippen LogP contribution in [0, 0.1) is 0 Å². The molecule has 0 aromatic rings. The number of hydrogen-bond donors (Lipinski definition) is 0. The predicted molar refractivity (Wildman–Crippen MR) is 58.2 cm³/mol. The van der Waals surface area contributed by atoms with Gasteiger partial charge in [-0.2, -0.15) is 0 Å². The van der Waals surface area contributed by atoms with Crippen LogP contribution in [0.25, 0.3) is 0 Å². The van der Waals surface area contributed by atoms with E-state index >= 15 is 0 Å². The van der Waals surface area contributed by atoms with E-state index in [4.69, 9.17) is 4.74 Å². The molecule has 68 valence electrons. The van der Waals surface area contributed by atoms with Crippen molar-refractivity contribution in [2.45, 2.75) is 26.4 Å². The third kappa shape index (κ3) is 3.05. The number of hydrogen-bond acceptors (Lipinski definition) is 1. The molecule has 0 saturated carbocycles. The SMILES string of the molecule is CC(C)(C)OC1=C(F)C=IC=C1. The second kappa shape index (κ2) is 3.68. The minimum atomic E-state index is -0.319. The molecule has 1 rings (SSSR count). The minimum absolute atomic E-state index is 0.208. The van der Waals surface area contributed by atoms with Crippen LogP contribution in [0.2, 0.25) is 0 Å². The molecule has 0 N–H and O–H groups in total. The molecule has 0 aliphatic carbocycles. The smallest absolute Gasteiger partial charge is 0.170 e. The van der Waals surface area contributed by atoms with Gasteiger partial charge < -0.3 is 4.74 Å². The van der Waals surface area contributed by atoms with Crippen LogP contribution in [0.5, 0.6) is 0 Å². The first kappa shape index (κ1) is 9.89. The molecule has 1 aliphatic rings. The van der Waals surface area contributed by atoms with Crippen molar-refractivity contribution in [1.29, 1.82) is 0 Å². The molecule has 12 heavy (non-hydrogen) atoms. The number of allylic oxidation sites excluding steroid dienone is 2. The van der Waals surface area contributed by atoms with Crippen molar-refractivity contribution >= 4 is 24.7 Å². The topological polar surface area (TPSA) is 9.23 Å². The van der Waals surface area contributed by atoms with Gasteiger partial charge in [-0.3, -0.25) is 0 Å². The van der Waals surface area contributed by atoms with Crippen molar-refractivity contribution < 1.29 is 9.13 Å². The van der Waals surface area contributed by atoms with Crippen LogP contribution >= 0.6 is 20.7 Å². The van der Waals surface area contributed by atoms with Crippen molar-refractivity contribution in [3.63, 3.8) is 0 Å². The van der Waals surface area contributed by atoms with Gasteiger partial charge in [0.05, 0.1) is 0 Å². The van der Waals surface area contributed by atoms with Crippen LogP contribution in [0.4, 0.5) is 4.39 Å². The molecule has 1 heterocycles. The lowest BCUT2D eigenvalue weighted by Gasteiger charge is -2.22. The summed E-state index contributed by atoms with van der Waals surface area (Å²) < 4.78 is 22.1. The van der Waals surface area contributed by atoms with E-state index < -0.39 is 0 Å². The largest absolute Gasteiger partial charge is 0.485 e. The summed E-state index contributed by atoms with van der Waals surface area (Å²) in [5.41, 5.74) is -0.319. The normalized spacial score (nSPS) is 17.7. The molecule has 0 aromatic heterocycles. The average Bonchev–Trinajstić information content (AvgIpc) is 1.91. The highest BCUT2D eigenvalue weighted by Gasteiger charge is 2.15. The van der Waals surface area contributed by atoms with E-state index in [2.05, 4.69) is 0 Å². The van der Waals surface area contributed by atoms with Gasteiger partial charge in [0.15, 0.2) is 11.6 Å². The van der Waals surface area contributed by atoms with Crippen molar-refractivity contribution in [2.75, 3.05) is 0 Å². The van der Waals surface area contributed by atoms with E-state index in [1.807, 2.05) is 24.9 Å². The molecular formula is C9H12FIO. The maximum Gasteiger partial charge on any atom is 0.170 e. The maximum absolute atomic E-state index is 13.1. The summed E-state index contributed by atoms with van der Waals surface area (Å²) in [5.74, 6) is 0.161. The monoisotopic (exact) mass is 282 g/mol. The van der Waals surface area contributed by atoms with Gasteiger partial charge in [-0.1, -0.05) is 20.7 Å². The lowest BCUT2D eigenvalue weighted by molar-refractivity contribution is 0.0564. The molecule has 0 amide bonds. The predicted octanol–water partition coefficient (Wildman–Crippen LogP) is 3.28. The highest BCUT2D eigenvalue weighted by molar-refractivity contribution is 14.2. The van der Waals surface area contributed by atoms with E-state index in [-0.39, 0.29) is 32.2 Å². The van der Waals surface area contributed by atoms with Crippen LogP contribution in [0.3, 0.4) is 0 Å². The van der Waals surface area contributed by atoms with Gasteiger partial charge in [0.2, 0.25) is 0 Å². The third-order valence-corrected chi connectivity index (χ3v) is 2.78. The second-order valence-electron chi connectivity index (χ2n) is 3.45. The lowest BCUT2D eigenvalue weighted by Crippen LogP contribution is -2.19. The summed E-state index contributed by atoms with van der Waals surface area (Å²) in [7, 11) is 0. The van der Waals surface area contributed by atoms with E-state index in [1.165, 1.54) is 0 Å². The molecule has 0 aromatic carbocycles. The Balaban J connectivity index is 2.76. The van der Waals surface area contributed by atoms with E-state index in [1.54, 1.807) is 10.1 Å². The van der Waals surface area contributed by atoms with Gasteiger partial charge in [0.1, 0.15) is 5.60 Å². The van der Waals surface area contributed by atoms with Gasteiger partial charge >= 0.3 is 0 Å². The highest BCUT2D eigenvalue weighted by atomic mass is 127. The summed E-state index contributed by atoms with van der Waals surface area (Å²) in [5, 5.41) is 0. The van der Waals surface area contributed by atoms with Crippen molar-refractivity contribution in [2.24, 2.45) is 0 Å². The molecule has 0 unspecified atom stereocenters. The molecule has 0 atom stereocenters. The molecular weight excluding hydrogens is 270 g/mol. The molecule has 1 nitrogen and oxygen atoms in total. The van der Waals surface area contributed by atoms with E-state index in [0.717, 1.165) is 0 Å². The first-order valence-electron chi connectivity index (χ1n) is 3.69. The van der Waals surface area contributed by atoms with Crippen LogP contribution in [0.1, 0.15) is 20.8 Å². The Morgan fingerprint density at radius 2 is 2.08 bits per heavy atom. The number of halogens is 2. The summed E-state index contributed by atoms with van der Waals surface area (Å²) in [6.07, 6.45) is 1.73. The minimum Gasteiger partial charge on any atom is -0.485 e. The van der Waals surface area contributed by atoms with Crippen LogP contribution in [-0.2, 0) is 4.74 Å². The average molecular weight is 282 g/mol. The Morgan fingerprint density at radius 1 is 1.42 bits per heavy atom. The van der Waals surface area contributed by atoms with Crippen LogP contribution < -0.4 is 0 Å². The van der Waals surface area contributed by atoms with E-state index in [0.29, 0.717) is 5.76 Å². The van der Waals surface area contributed by atoms with E-state index in [9.17, 15) is 4.39 Å². The van der Waals surface area contributed by atoms with Gasteiger partial charge in [0, 0.05) is 4.01 Å². The van der Waals surface area contributed by atoms with Gasteiger partial charge in [-0.15, -0.1) is 0 Å². The Hall–Kier alpha value is -0.190. The zero-order valence-corrected chi connectivity index (χ0v) is 9.55. The molecule has 0 radical (unpaired) electrons. The number of rotatable bonds is 1. The summed E-state index contributed by atoms with van der Waals surface area (Å²) in [6, 6.07) is 0. The fourth-order valence-electron chi connectivity index (χ4n) is 0.731. The van der Waals surface area contributed by atoms with Crippen LogP contribution in [0.15, 0.2) is 21.7 Å². The van der Waals surface area contributed by atoms with Crippen molar-refractivity contribution in [3.05, 3.63) is 21.7 Å². The summed E-state index contributed by atoms with van der Waals surface area (Å²) in [4.78, 5) is 0. The fraction of sp³-hybridized carbons (Fsp3) is 0.444. The van der Waals surface area contributed by atoms with Crippen molar-refractivity contribution in [1.82, 2.24) is 0 Å². The second-order valence-corrected chi connectivity index (χ2v) is 5.52. The summed E-state index contributed by atoms with van der Waals surface area (Å²) >= 11 is -0.214. The molecule has 0 spiro atoms. The first-order valence-corrected chi connectivity index (χ1v) is 6.19. The lowest BCUT2D eigenvalue weighted by atomic mass is 10.2. The van der Waals surface area contributed by atoms with Crippen molar-refractivity contribution in [3.8, 4) is 0 Å². The Kier molecular flexibility index (Phi) is 3.04. The molecule has 3 heteroatoms. The third-order valence-electron chi connectivity index (χ3n) is 1.10. The fourth-order valence-corrected chi connectivity index (χ4v) is 2.10. The maximum atomic E-state index is 13.1. The molecule has 0 bridgehead atoms. The Labute approximate surface area is 82.0 Å². The summed E-state index contributed by atoms with van der Waals surface area (Å²) in [6.45, 7) is 5.72. The standard InChI is InChI=1S/C9H12FIO/c1-9(2,3)12-8-4-5-11-6-7(8)10/h4-6H,1-3H3. The molecule has 0 fully saturated rings. The molecule has 1 aliphatic heterocycles. The zero-order chi connectivity index (χ0) is 9.19. The van der Waals surface area contributed by atoms with Crippen LogP contribution in [-0.4, -0.2) is 9.61 Å². The highest BCUT2D eigenvalue weighted by Crippen LogP contribution is 2.23. The number of ether oxygens (including phenoxy) is 1. The Bertz CT molecular complexity index is 258.